The second-order valence-corrected chi connectivity index (χ2v) is 23.3. The lowest BCUT2D eigenvalue weighted by atomic mass is 9.93. The van der Waals surface area contributed by atoms with Gasteiger partial charge in [-0.2, -0.15) is 25.3 Å². The van der Waals surface area contributed by atoms with E-state index in [2.05, 4.69) is 24.3 Å². The normalized spacial score (nSPS) is 41.1. The largest absolute Gasteiger partial charge is 0.479 e. The molecule has 0 saturated carbocycles. The van der Waals surface area contributed by atoms with Gasteiger partial charge in [-0.25, -0.2) is 26.9 Å². The van der Waals surface area contributed by atoms with Crippen molar-refractivity contribution in [2.75, 3.05) is 19.8 Å². The Morgan fingerprint density at radius 3 is 1.08 bits per heavy atom. The van der Waals surface area contributed by atoms with E-state index in [0.717, 1.165) is 20.8 Å². The molecule has 6 aliphatic rings. The van der Waals surface area contributed by atoms with Gasteiger partial charge in [-0.3, -0.25) is 28.0 Å². The lowest BCUT2D eigenvalue weighted by Crippen LogP contribution is -2.71. The van der Waals surface area contributed by atoms with Gasteiger partial charge in [0, 0.05) is 20.8 Å². The number of rotatable bonds is 25. The monoisotopic (exact) mass is 1380 g/mol. The third-order valence-electron chi connectivity index (χ3n) is 13.7. The minimum Gasteiger partial charge on any atom is -0.479 e. The van der Waals surface area contributed by atoms with Crippen molar-refractivity contribution < 1.29 is 199 Å². The van der Waals surface area contributed by atoms with Gasteiger partial charge in [0.15, 0.2) is 43.7 Å². The summed E-state index contributed by atoms with van der Waals surface area (Å²) in [5.74, 6) is -10.7. The molecule has 0 bridgehead atoms. The van der Waals surface area contributed by atoms with Crippen LogP contribution in [0.15, 0.2) is 11.8 Å². The molecule has 3 amide bonds. The summed E-state index contributed by atoms with van der Waals surface area (Å²) in [6.45, 7) is -1.78. The standard InChI is InChI=1S/C42H63N3O42S3/c1-8(49)43-16-27(24(85-88(65,66)67)13(5-46)74-37(16)64)78-41-22(56)20(54)30(32(83-41)35(60)61)82-39-18(45-10(3)51)29(26(15(7-48)77-39)87-90(71,72)73)80-42-23(57)21(55)31(33(84-42)36(62)63)81-38-17(44-9(2)50)28(25(14(6-47)76-38)86-89(68,69)70)79-40-19(53)11(52)4-12(75-40)34(58)59/h4,11,13-33,37-42,46-48,52-57,64H,5-7H2,1-3H3,(H,43,49)(H,44,50)(H,45,51)(H,58,59)(H,60,61)(H,62,63)(H,65,66,67)(H,68,69,70)(H,71,72,73)/t11-,13+,14+,15+,16+,17+,18+,19+,20+,21+,22+,23+,24-,25-,26-,27+,28+,29+,30-,31-,32-,33-,37?,38-,39-,40-,41-,42-/m0/s1. The Bertz CT molecular complexity index is 2940. The van der Waals surface area contributed by atoms with Crippen LogP contribution in [0.5, 0.6) is 0 Å². The first-order chi connectivity index (χ1) is 41.7. The third kappa shape index (κ3) is 18.1. The number of aliphatic hydroxyl groups is 10. The molecule has 6 aliphatic heterocycles. The number of aliphatic hydroxyl groups excluding tert-OH is 10. The van der Waals surface area contributed by atoms with Gasteiger partial charge in [-0.05, 0) is 6.08 Å². The van der Waals surface area contributed by atoms with Crippen molar-refractivity contribution in [3.63, 3.8) is 0 Å². The van der Waals surface area contributed by atoms with E-state index in [1.807, 2.05) is 0 Å². The molecule has 19 N–H and O–H groups in total. The summed E-state index contributed by atoms with van der Waals surface area (Å²) >= 11 is 0. The molecular weight excluding hydrogens is 1310 g/mol. The summed E-state index contributed by atoms with van der Waals surface area (Å²) in [4.78, 5) is 75.8. The quantitative estimate of drug-likeness (QED) is 0.0377. The Kier molecular flexibility index (Phi) is 24.8. The highest BCUT2D eigenvalue weighted by atomic mass is 32.3. The molecule has 90 heavy (non-hydrogen) atoms. The number of aliphatic carboxylic acids is 3. The van der Waals surface area contributed by atoms with E-state index in [1.54, 1.807) is 0 Å². The zero-order chi connectivity index (χ0) is 67.6. The number of carbonyl (C=O) groups excluding carboxylic acids is 3. The Morgan fingerprint density at radius 2 is 0.756 bits per heavy atom. The molecule has 5 fully saturated rings. The molecule has 48 heteroatoms. The van der Waals surface area contributed by atoms with Crippen LogP contribution < -0.4 is 16.0 Å². The van der Waals surface area contributed by atoms with Crippen molar-refractivity contribution >= 4 is 66.8 Å². The van der Waals surface area contributed by atoms with Crippen LogP contribution in [0.2, 0.25) is 0 Å². The summed E-state index contributed by atoms with van der Waals surface area (Å²) in [7, 11) is -17.1. The van der Waals surface area contributed by atoms with Gasteiger partial charge in [0.2, 0.25) is 29.8 Å². The minimum atomic E-state index is -5.84. The highest BCUT2D eigenvalue weighted by molar-refractivity contribution is 7.81. The molecule has 6 rings (SSSR count). The number of amides is 3. The number of hydrogen-bond donors (Lipinski definition) is 19. The summed E-state index contributed by atoms with van der Waals surface area (Å²) in [6, 6.07) is -6.64. The topological polar surface area (TPSA) is 694 Å². The van der Waals surface area contributed by atoms with Gasteiger partial charge >= 0.3 is 49.1 Å². The molecule has 6 heterocycles. The molecule has 0 aromatic rings. The van der Waals surface area contributed by atoms with Crippen molar-refractivity contribution in [3.8, 4) is 0 Å². The predicted octanol–water partition coefficient (Wildman–Crippen LogP) is -12.8. The minimum absolute atomic E-state index is 0.490. The van der Waals surface area contributed by atoms with E-state index in [0.29, 0.717) is 6.08 Å². The van der Waals surface area contributed by atoms with Crippen LogP contribution in [0.25, 0.3) is 0 Å². The maximum Gasteiger partial charge on any atom is 0.397 e. The summed E-state index contributed by atoms with van der Waals surface area (Å²) in [6.07, 6.45) is -61.7. The molecular formula is C42H63N3O42S3. The maximum absolute atomic E-state index is 13.1. The molecule has 0 aromatic heterocycles. The molecule has 1 unspecified atom stereocenters. The fraction of sp³-hybridized carbons (Fsp3) is 0.810. The van der Waals surface area contributed by atoms with Crippen molar-refractivity contribution in [2.24, 2.45) is 0 Å². The molecule has 516 valence electrons. The Morgan fingerprint density at radius 1 is 0.433 bits per heavy atom. The molecule has 28 atom stereocenters. The van der Waals surface area contributed by atoms with E-state index < -0.39 is 264 Å². The lowest BCUT2D eigenvalue weighted by molar-refractivity contribution is -0.373. The zero-order valence-corrected chi connectivity index (χ0v) is 48.3. The molecule has 0 aliphatic carbocycles. The first-order valence-corrected chi connectivity index (χ1v) is 29.8. The molecule has 5 saturated heterocycles. The van der Waals surface area contributed by atoms with Crippen LogP contribution in [0.1, 0.15) is 20.8 Å². The maximum atomic E-state index is 13.1. The highest BCUT2D eigenvalue weighted by Gasteiger charge is 2.61. The number of nitrogens with one attached hydrogen (secondary N) is 3. The average Bonchev–Trinajstić information content (AvgIpc) is 0.780. The van der Waals surface area contributed by atoms with E-state index in [4.69, 9.17) is 56.3 Å². The molecule has 0 spiro atoms. The SMILES string of the molecule is CC(=O)N[C@H]1[C@H](O[C@H]2[C@H](O)[C@@H](O)[C@@H](O[C@H]3[C@@H](OS(=O)(=O)O)[C@@H](CO)OC(O)[C@@H]3NC(C)=O)O[C@@H]2C(=O)O)O[C@H](CO)[C@H](OS(=O)(=O)O)[C@@H]1O[C@H]1O[C@H](C(=O)O)[C@@H](O[C@@H]2O[C@H](CO)[C@H](OS(=O)(=O)O)[C@H](O[C@@H]3OC(C(=O)O)=C[C@H](O)[C@H]3O)[C@H]2NC(C)=O)[C@H](O)[C@H]1O. The number of carbonyl (C=O) groups is 6. The van der Waals surface area contributed by atoms with Crippen LogP contribution >= 0.6 is 0 Å². The molecule has 0 aromatic carbocycles. The fourth-order valence-electron chi connectivity index (χ4n) is 10.1. The van der Waals surface area contributed by atoms with Crippen molar-refractivity contribution in [2.45, 2.75) is 193 Å². The highest BCUT2D eigenvalue weighted by Crippen LogP contribution is 2.39. The van der Waals surface area contributed by atoms with Gasteiger partial charge < -0.3 is 134 Å². The van der Waals surface area contributed by atoms with Crippen LogP contribution in [-0.4, -0.2) is 333 Å². The van der Waals surface area contributed by atoms with Gasteiger partial charge in [-0.1, -0.05) is 0 Å². The van der Waals surface area contributed by atoms with E-state index in [9.17, 15) is 134 Å². The average molecular weight is 1380 g/mol. The first kappa shape index (κ1) is 74.2. The lowest BCUT2D eigenvalue weighted by Gasteiger charge is -2.51. The van der Waals surface area contributed by atoms with E-state index >= 15 is 0 Å². The van der Waals surface area contributed by atoms with Crippen LogP contribution in [0.4, 0.5) is 0 Å². The van der Waals surface area contributed by atoms with Crippen LogP contribution in [0, 0.1) is 0 Å². The number of carboxylic acid groups (broad SMARTS) is 3. The fourth-order valence-corrected chi connectivity index (χ4v) is 11.6. The Labute approximate surface area is 504 Å². The predicted molar refractivity (Wildman–Crippen MR) is 265 cm³/mol. The van der Waals surface area contributed by atoms with E-state index in [1.165, 1.54) is 0 Å². The summed E-state index contributed by atoms with van der Waals surface area (Å²) in [5.41, 5.74) is 0. The summed E-state index contributed by atoms with van der Waals surface area (Å²) < 4.78 is 177. The second kappa shape index (κ2) is 30.1. The summed E-state index contributed by atoms with van der Waals surface area (Å²) in [5, 5.41) is 146. The number of hydrogen-bond acceptors (Lipinski definition) is 36. The zero-order valence-electron chi connectivity index (χ0n) is 45.9. The van der Waals surface area contributed by atoms with Crippen molar-refractivity contribution in [1.29, 1.82) is 0 Å². The van der Waals surface area contributed by atoms with Gasteiger partial charge in [0.1, 0.15) is 122 Å². The van der Waals surface area contributed by atoms with Gasteiger partial charge in [0.05, 0.1) is 19.8 Å². The van der Waals surface area contributed by atoms with Crippen LogP contribution in [0.3, 0.4) is 0 Å². The Hall–Kier alpha value is -4.83. The number of ether oxygens (including phenoxy) is 11. The molecule has 45 nitrogen and oxygen atoms in total. The van der Waals surface area contributed by atoms with Gasteiger partial charge in [-0.15, -0.1) is 0 Å². The van der Waals surface area contributed by atoms with Crippen molar-refractivity contribution in [1.82, 2.24) is 16.0 Å². The van der Waals surface area contributed by atoms with Gasteiger partial charge in [0.25, 0.3) is 0 Å². The first-order valence-electron chi connectivity index (χ1n) is 25.7. The van der Waals surface area contributed by atoms with E-state index in [-0.39, 0.29) is 0 Å². The molecule has 0 radical (unpaired) electrons. The Balaban J connectivity index is 1.35. The van der Waals surface area contributed by atoms with Crippen LogP contribution in [-0.2, 0) is 125 Å². The third-order valence-corrected chi connectivity index (χ3v) is 15.1. The number of carboxylic acids is 3. The van der Waals surface area contributed by atoms with Crippen molar-refractivity contribution in [3.05, 3.63) is 11.8 Å². The second-order valence-electron chi connectivity index (χ2n) is 20.1. The smallest absolute Gasteiger partial charge is 0.397 e.